The van der Waals surface area contributed by atoms with Crippen LogP contribution in [0.2, 0.25) is 0 Å². The number of hydrogen-bond acceptors (Lipinski definition) is 6. The molecule has 25 heavy (non-hydrogen) atoms. The maximum Gasteiger partial charge on any atom is 0.262 e. The van der Waals surface area contributed by atoms with E-state index in [0.29, 0.717) is 21.8 Å². The fourth-order valence-electron chi connectivity index (χ4n) is 2.65. The van der Waals surface area contributed by atoms with Gasteiger partial charge in [-0.3, -0.25) is 19.3 Å². The lowest BCUT2D eigenvalue weighted by Crippen LogP contribution is -2.37. The monoisotopic (exact) mass is 353 g/mol. The van der Waals surface area contributed by atoms with E-state index in [4.69, 9.17) is 0 Å². The van der Waals surface area contributed by atoms with Gasteiger partial charge in [0.25, 0.3) is 11.8 Å². The third-order valence-corrected chi connectivity index (χ3v) is 4.73. The van der Waals surface area contributed by atoms with E-state index in [-0.39, 0.29) is 12.3 Å². The Balaban J connectivity index is 1.51. The van der Waals surface area contributed by atoms with Gasteiger partial charge < -0.3 is 10.4 Å². The first-order chi connectivity index (χ1) is 12.0. The van der Waals surface area contributed by atoms with Crippen molar-refractivity contribution in [2.24, 2.45) is 0 Å². The van der Waals surface area contributed by atoms with Gasteiger partial charge in [-0.2, -0.15) is 0 Å². The Morgan fingerprint density at radius 3 is 2.48 bits per heavy atom. The number of fused-ring (bicyclic) bond motifs is 2. The number of hydrogen-bond donors (Lipinski definition) is 2. The Bertz CT molecular complexity index is 1010. The Morgan fingerprint density at radius 2 is 1.80 bits per heavy atom. The van der Waals surface area contributed by atoms with Crippen LogP contribution in [0.1, 0.15) is 20.7 Å². The highest BCUT2D eigenvalue weighted by Gasteiger charge is 2.36. The number of nitrogens with zero attached hydrogens (tertiary/aromatic N) is 2. The standard InChI is InChI=1S/C17H11N3O4S/c21-9-5-6-12-13(7-9)25-17(18-12)19-14(22)8-20-15(23)10-3-1-2-4-11(10)16(20)24/h1-7,21H,8H2,(H,18,19,22). The fraction of sp³-hybridized carbons (Fsp3) is 0.0588. The van der Waals surface area contributed by atoms with E-state index in [1.54, 1.807) is 36.4 Å². The van der Waals surface area contributed by atoms with Gasteiger partial charge in [0.15, 0.2) is 5.13 Å². The normalized spacial score (nSPS) is 13.4. The number of nitrogens with one attached hydrogen (secondary N) is 1. The molecule has 2 aromatic carbocycles. The number of amides is 3. The second kappa shape index (κ2) is 5.67. The molecule has 0 bridgehead atoms. The van der Waals surface area contributed by atoms with E-state index < -0.39 is 17.7 Å². The first-order valence-electron chi connectivity index (χ1n) is 7.37. The van der Waals surface area contributed by atoms with Gasteiger partial charge in [0.05, 0.1) is 21.3 Å². The van der Waals surface area contributed by atoms with Crippen LogP contribution in [0.5, 0.6) is 5.75 Å². The molecule has 124 valence electrons. The van der Waals surface area contributed by atoms with E-state index in [0.717, 1.165) is 9.60 Å². The number of rotatable bonds is 3. The number of carbonyl (C=O) groups excluding carboxylic acids is 3. The van der Waals surface area contributed by atoms with Crippen molar-refractivity contribution in [2.75, 3.05) is 11.9 Å². The topological polar surface area (TPSA) is 99.6 Å². The van der Waals surface area contributed by atoms with Crippen LogP contribution in [0.15, 0.2) is 42.5 Å². The molecule has 2 heterocycles. The Kier molecular flexibility index (Phi) is 3.47. The number of aromatic nitrogens is 1. The van der Waals surface area contributed by atoms with Crippen LogP contribution in [-0.4, -0.2) is 39.3 Å². The van der Waals surface area contributed by atoms with E-state index in [9.17, 15) is 19.5 Å². The zero-order valence-electron chi connectivity index (χ0n) is 12.7. The van der Waals surface area contributed by atoms with Crippen molar-refractivity contribution >= 4 is 44.4 Å². The number of aromatic hydroxyl groups is 1. The smallest absolute Gasteiger partial charge is 0.262 e. The average Bonchev–Trinajstić information content (AvgIpc) is 3.09. The summed E-state index contributed by atoms with van der Waals surface area (Å²) in [7, 11) is 0. The summed E-state index contributed by atoms with van der Waals surface area (Å²) in [4.78, 5) is 41.9. The molecule has 3 amide bonds. The zero-order valence-corrected chi connectivity index (χ0v) is 13.5. The number of phenols is 1. The third kappa shape index (κ3) is 2.62. The average molecular weight is 353 g/mol. The Hall–Kier alpha value is -3.26. The largest absolute Gasteiger partial charge is 0.508 e. The molecule has 1 aliphatic rings. The first kappa shape index (κ1) is 15.3. The number of benzene rings is 2. The van der Waals surface area contributed by atoms with Crippen LogP contribution < -0.4 is 5.32 Å². The Morgan fingerprint density at radius 1 is 1.12 bits per heavy atom. The molecule has 0 saturated heterocycles. The molecule has 0 unspecified atom stereocenters. The molecule has 0 spiro atoms. The molecule has 0 fully saturated rings. The quantitative estimate of drug-likeness (QED) is 0.704. The SMILES string of the molecule is O=C(CN1C(=O)c2ccccc2C1=O)Nc1nc2ccc(O)cc2s1. The van der Waals surface area contributed by atoms with Gasteiger partial charge in [-0.1, -0.05) is 23.5 Å². The predicted molar refractivity (Wildman–Crippen MR) is 91.7 cm³/mol. The lowest BCUT2D eigenvalue weighted by molar-refractivity contribution is -0.116. The number of phenolic OH excluding ortho intramolecular Hbond substituents is 1. The van der Waals surface area contributed by atoms with Crippen molar-refractivity contribution in [3.05, 3.63) is 53.6 Å². The molecule has 0 atom stereocenters. The van der Waals surface area contributed by atoms with Crippen molar-refractivity contribution in [2.45, 2.75) is 0 Å². The summed E-state index contributed by atoms with van der Waals surface area (Å²) >= 11 is 1.20. The van der Waals surface area contributed by atoms with E-state index >= 15 is 0 Å². The number of thiazole rings is 1. The summed E-state index contributed by atoms with van der Waals surface area (Å²) in [5.74, 6) is -1.37. The summed E-state index contributed by atoms with van der Waals surface area (Å²) in [6.45, 7) is -0.381. The minimum atomic E-state index is -0.516. The van der Waals surface area contributed by atoms with Gasteiger partial charge in [-0.25, -0.2) is 4.98 Å². The molecular weight excluding hydrogens is 342 g/mol. The van der Waals surface area contributed by atoms with Crippen LogP contribution in [0.4, 0.5) is 5.13 Å². The second-order valence-electron chi connectivity index (χ2n) is 5.46. The molecule has 0 radical (unpaired) electrons. The maximum absolute atomic E-state index is 12.3. The fourth-order valence-corrected chi connectivity index (χ4v) is 3.57. The molecule has 2 N–H and O–H groups in total. The molecule has 8 heteroatoms. The number of carbonyl (C=O) groups is 3. The lowest BCUT2D eigenvalue weighted by atomic mass is 10.1. The molecule has 4 rings (SSSR count). The van der Waals surface area contributed by atoms with E-state index in [1.165, 1.54) is 17.4 Å². The zero-order chi connectivity index (χ0) is 17.6. The molecule has 1 aromatic heterocycles. The van der Waals surface area contributed by atoms with Crippen LogP contribution in [0, 0.1) is 0 Å². The highest BCUT2D eigenvalue weighted by atomic mass is 32.1. The summed E-state index contributed by atoms with van der Waals surface area (Å²) < 4.78 is 0.719. The van der Waals surface area contributed by atoms with Crippen molar-refractivity contribution in [1.82, 2.24) is 9.88 Å². The third-order valence-electron chi connectivity index (χ3n) is 3.80. The summed E-state index contributed by atoms with van der Waals surface area (Å²) in [5, 5.41) is 12.4. The van der Waals surface area contributed by atoms with Crippen molar-refractivity contribution < 1.29 is 19.5 Å². The van der Waals surface area contributed by atoms with Gasteiger partial charge in [0.2, 0.25) is 5.91 Å². The molecule has 7 nitrogen and oxygen atoms in total. The van der Waals surface area contributed by atoms with E-state index in [2.05, 4.69) is 10.3 Å². The van der Waals surface area contributed by atoms with Crippen LogP contribution >= 0.6 is 11.3 Å². The van der Waals surface area contributed by atoms with Gasteiger partial charge in [-0.05, 0) is 30.3 Å². The molecule has 0 saturated carbocycles. The predicted octanol–water partition coefficient (Wildman–Crippen LogP) is 2.24. The van der Waals surface area contributed by atoms with Crippen molar-refractivity contribution in [1.29, 1.82) is 0 Å². The van der Waals surface area contributed by atoms with Crippen molar-refractivity contribution in [3.63, 3.8) is 0 Å². The highest BCUT2D eigenvalue weighted by molar-refractivity contribution is 7.22. The molecular formula is C17H11N3O4S. The lowest BCUT2D eigenvalue weighted by Gasteiger charge is -2.12. The summed E-state index contributed by atoms with van der Waals surface area (Å²) in [5.41, 5.74) is 1.24. The van der Waals surface area contributed by atoms with Crippen molar-refractivity contribution in [3.8, 4) is 5.75 Å². The molecule has 0 aliphatic carbocycles. The van der Waals surface area contributed by atoms with Crippen LogP contribution in [-0.2, 0) is 4.79 Å². The van der Waals surface area contributed by atoms with E-state index in [1.807, 2.05) is 0 Å². The Labute approximate surface area is 145 Å². The number of anilines is 1. The van der Waals surface area contributed by atoms with Crippen LogP contribution in [0.25, 0.3) is 10.2 Å². The van der Waals surface area contributed by atoms with Gasteiger partial charge in [0.1, 0.15) is 12.3 Å². The molecule has 3 aromatic rings. The van der Waals surface area contributed by atoms with Crippen LogP contribution in [0.3, 0.4) is 0 Å². The minimum absolute atomic E-state index is 0.111. The highest BCUT2D eigenvalue weighted by Crippen LogP contribution is 2.29. The summed E-state index contributed by atoms with van der Waals surface area (Å²) in [6.07, 6.45) is 0. The molecule has 1 aliphatic heterocycles. The van der Waals surface area contributed by atoms with Gasteiger partial charge in [0, 0.05) is 0 Å². The maximum atomic E-state index is 12.3. The first-order valence-corrected chi connectivity index (χ1v) is 8.19. The second-order valence-corrected chi connectivity index (χ2v) is 6.49. The van der Waals surface area contributed by atoms with Gasteiger partial charge in [-0.15, -0.1) is 0 Å². The van der Waals surface area contributed by atoms with Gasteiger partial charge >= 0.3 is 0 Å². The number of imide groups is 1. The summed E-state index contributed by atoms with van der Waals surface area (Å²) in [6, 6.07) is 11.2. The minimum Gasteiger partial charge on any atom is -0.508 e.